The first-order valence-corrected chi connectivity index (χ1v) is 8.70. The van der Waals surface area contributed by atoms with Gasteiger partial charge in [0.25, 0.3) is 0 Å². The van der Waals surface area contributed by atoms with Gasteiger partial charge in [-0.3, -0.25) is 9.78 Å². The van der Waals surface area contributed by atoms with Gasteiger partial charge < -0.3 is 10.3 Å². The molecule has 2 N–H and O–H groups in total. The third-order valence-electron chi connectivity index (χ3n) is 4.29. The van der Waals surface area contributed by atoms with E-state index in [9.17, 15) is 4.79 Å². The number of aromatic amines is 1. The van der Waals surface area contributed by atoms with Crippen LogP contribution in [-0.2, 0) is 4.79 Å². The number of carbonyl (C=O) groups is 1. The topological polar surface area (TPSA) is 70.7 Å². The molecule has 0 saturated carbocycles. The Balaban J connectivity index is 1.82. The lowest BCUT2D eigenvalue weighted by molar-refractivity contribution is -0.123. The largest absolute Gasteiger partial charge is 0.346 e. The van der Waals surface area contributed by atoms with Crippen LogP contribution < -0.4 is 5.32 Å². The van der Waals surface area contributed by atoms with E-state index in [1.807, 2.05) is 49.4 Å². The van der Waals surface area contributed by atoms with Crippen molar-refractivity contribution in [2.24, 2.45) is 5.92 Å². The molecule has 0 fully saturated rings. The normalized spacial score (nSPS) is 13.8. The van der Waals surface area contributed by atoms with Gasteiger partial charge in [0.05, 0.1) is 28.7 Å². The number of nitrogens with one attached hydrogen (secondary N) is 2. The number of aromatic nitrogens is 3. The average Bonchev–Trinajstić information content (AvgIpc) is 3.05. The van der Waals surface area contributed by atoms with Gasteiger partial charge in [0.1, 0.15) is 5.82 Å². The Morgan fingerprint density at radius 3 is 2.56 bits per heavy atom. The minimum Gasteiger partial charge on any atom is -0.346 e. The minimum absolute atomic E-state index is 0.0372. The lowest BCUT2D eigenvalue weighted by Crippen LogP contribution is -2.33. The minimum atomic E-state index is -0.305. The summed E-state index contributed by atoms with van der Waals surface area (Å²) in [5.74, 6) is 0.894. The van der Waals surface area contributed by atoms with Crippen LogP contribution in [0.1, 0.15) is 50.7 Å². The smallest absolute Gasteiger partial charge is 0.229 e. The lowest BCUT2D eigenvalue weighted by Gasteiger charge is -2.21. The summed E-state index contributed by atoms with van der Waals surface area (Å²) in [5.41, 5.74) is 2.67. The molecule has 1 aromatic carbocycles. The van der Waals surface area contributed by atoms with Crippen molar-refractivity contribution in [3.8, 4) is 0 Å². The van der Waals surface area contributed by atoms with E-state index in [0.29, 0.717) is 5.92 Å². The average molecular weight is 336 g/mol. The molecule has 0 spiro atoms. The molecule has 0 aliphatic rings. The van der Waals surface area contributed by atoms with Crippen molar-refractivity contribution in [1.29, 1.82) is 0 Å². The van der Waals surface area contributed by atoms with Crippen molar-refractivity contribution in [2.45, 2.75) is 39.2 Å². The van der Waals surface area contributed by atoms with Crippen LogP contribution in [0.25, 0.3) is 11.0 Å². The number of para-hydroxylation sites is 2. The molecular weight excluding hydrogens is 312 g/mol. The van der Waals surface area contributed by atoms with Crippen LogP contribution in [0.5, 0.6) is 0 Å². The van der Waals surface area contributed by atoms with Crippen molar-refractivity contribution in [3.63, 3.8) is 0 Å². The number of imidazole rings is 1. The number of pyridine rings is 1. The van der Waals surface area contributed by atoms with Gasteiger partial charge in [-0.2, -0.15) is 0 Å². The van der Waals surface area contributed by atoms with Crippen LogP contribution in [0.3, 0.4) is 0 Å². The highest BCUT2D eigenvalue weighted by molar-refractivity contribution is 5.83. The first kappa shape index (κ1) is 17.1. The van der Waals surface area contributed by atoms with E-state index in [-0.39, 0.29) is 17.9 Å². The number of hydrogen-bond acceptors (Lipinski definition) is 3. The third-order valence-corrected chi connectivity index (χ3v) is 4.29. The molecule has 0 bridgehead atoms. The highest BCUT2D eigenvalue weighted by atomic mass is 16.1. The van der Waals surface area contributed by atoms with Crippen molar-refractivity contribution in [1.82, 2.24) is 20.3 Å². The van der Waals surface area contributed by atoms with Crippen molar-refractivity contribution >= 4 is 16.9 Å². The molecule has 0 saturated heterocycles. The number of amides is 1. The molecule has 0 aliphatic carbocycles. The lowest BCUT2D eigenvalue weighted by atomic mass is 10.0. The highest BCUT2D eigenvalue weighted by Crippen LogP contribution is 2.23. The Morgan fingerprint density at radius 2 is 1.88 bits per heavy atom. The molecule has 5 heteroatoms. The third kappa shape index (κ3) is 4.05. The molecule has 0 unspecified atom stereocenters. The maximum absolute atomic E-state index is 12.7. The number of nitrogens with zero attached hydrogens (tertiary/aromatic N) is 2. The van der Waals surface area contributed by atoms with Crippen molar-refractivity contribution < 1.29 is 4.79 Å². The highest BCUT2D eigenvalue weighted by Gasteiger charge is 2.23. The number of hydrogen-bond donors (Lipinski definition) is 2. The zero-order valence-corrected chi connectivity index (χ0v) is 14.9. The summed E-state index contributed by atoms with van der Waals surface area (Å²) in [4.78, 5) is 25.0. The Morgan fingerprint density at radius 1 is 1.12 bits per heavy atom. The van der Waals surface area contributed by atoms with E-state index in [4.69, 9.17) is 0 Å². The molecule has 130 valence electrons. The zero-order valence-electron chi connectivity index (χ0n) is 14.9. The Kier molecular flexibility index (Phi) is 5.12. The molecule has 5 nitrogen and oxygen atoms in total. The number of benzene rings is 1. The summed E-state index contributed by atoms with van der Waals surface area (Å²) in [6.45, 7) is 6.16. The molecule has 3 aromatic rings. The van der Waals surface area contributed by atoms with Crippen LogP contribution in [0.4, 0.5) is 0 Å². The van der Waals surface area contributed by atoms with E-state index < -0.39 is 0 Å². The predicted octanol–water partition coefficient (Wildman–Crippen LogP) is 3.97. The summed E-state index contributed by atoms with van der Waals surface area (Å²) in [6, 6.07) is 13.4. The summed E-state index contributed by atoms with van der Waals surface area (Å²) in [6.07, 6.45) is 2.53. The van der Waals surface area contributed by atoms with Gasteiger partial charge >= 0.3 is 0 Å². The van der Waals surface area contributed by atoms with Crippen molar-refractivity contribution in [3.05, 3.63) is 60.2 Å². The van der Waals surface area contributed by atoms with Gasteiger partial charge in [0.2, 0.25) is 5.91 Å². The zero-order chi connectivity index (χ0) is 17.8. The van der Waals surface area contributed by atoms with Gasteiger partial charge in [0, 0.05) is 6.20 Å². The molecule has 3 rings (SSSR count). The maximum Gasteiger partial charge on any atom is 0.229 e. The summed E-state index contributed by atoms with van der Waals surface area (Å²) in [7, 11) is 0. The summed E-state index contributed by atoms with van der Waals surface area (Å²) in [5, 5.41) is 3.15. The molecule has 2 aromatic heterocycles. The Labute approximate surface area is 147 Å². The fraction of sp³-hybridized carbons (Fsp3) is 0.350. The van der Waals surface area contributed by atoms with E-state index >= 15 is 0 Å². The molecular formula is C20H24N4O. The molecule has 2 heterocycles. The van der Waals surface area contributed by atoms with E-state index in [2.05, 4.69) is 34.1 Å². The number of fused-ring (bicyclic) bond motifs is 1. The Hall–Kier alpha value is -2.69. The van der Waals surface area contributed by atoms with Crippen molar-refractivity contribution in [2.75, 3.05) is 0 Å². The first-order valence-electron chi connectivity index (χ1n) is 8.70. The van der Waals surface area contributed by atoms with Crippen LogP contribution in [0, 0.1) is 5.92 Å². The number of rotatable bonds is 6. The quantitative estimate of drug-likeness (QED) is 0.715. The standard InChI is InChI=1S/C20H24N4O/c1-13(2)12-18(19-22-16-9-4-5-10-17(16)23-19)24-20(25)14(3)15-8-6-7-11-21-15/h4-11,13-14,18H,12H2,1-3H3,(H,22,23)(H,24,25)/t14-,18+/m1/s1. The maximum atomic E-state index is 12.7. The molecule has 2 atom stereocenters. The summed E-state index contributed by atoms with van der Waals surface area (Å²) >= 11 is 0. The SMILES string of the molecule is CC(C)C[C@H](NC(=O)[C@H](C)c1ccccn1)c1nc2ccccc2[nH]1. The van der Waals surface area contributed by atoms with Crippen LogP contribution in [0.2, 0.25) is 0 Å². The molecule has 0 aliphatic heterocycles. The van der Waals surface area contributed by atoms with Gasteiger partial charge in [-0.1, -0.05) is 32.0 Å². The molecule has 1 amide bonds. The Bertz CT molecular complexity index is 808. The fourth-order valence-corrected chi connectivity index (χ4v) is 2.91. The van der Waals surface area contributed by atoms with E-state index in [1.54, 1.807) is 6.20 Å². The van der Waals surface area contributed by atoms with Crippen LogP contribution in [-0.4, -0.2) is 20.9 Å². The number of H-pyrrole nitrogens is 1. The number of carbonyl (C=O) groups excluding carboxylic acids is 1. The van der Waals surface area contributed by atoms with E-state index in [1.165, 1.54) is 0 Å². The second-order valence-electron chi connectivity index (χ2n) is 6.81. The first-order chi connectivity index (χ1) is 12.0. The fourth-order valence-electron chi connectivity index (χ4n) is 2.91. The monoisotopic (exact) mass is 336 g/mol. The second-order valence-corrected chi connectivity index (χ2v) is 6.81. The van der Waals surface area contributed by atoms with Gasteiger partial charge in [-0.15, -0.1) is 0 Å². The molecule has 0 radical (unpaired) electrons. The van der Waals surface area contributed by atoms with Gasteiger partial charge in [0.15, 0.2) is 0 Å². The summed E-state index contributed by atoms with van der Waals surface area (Å²) < 4.78 is 0. The van der Waals surface area contributed by atoms with E-state index in [0.717, 1.165) is 29.0 Å². The van der Waals surface area contributed by atoms with Crippen LogP contribution in [0.15, 0.2) is 48.7 Å². The predicted molar refractivity (Wildman–Crippen MR) is 99.1 cm³/mol. The second kappa shape index (κ2) is 7.47. The van der Waals surface area contributed by atoms with Gasteiger partial charge in [-0.05, 0) is 43.5 Å². The van der Waals surface area contributed by atoms with Gasteiger partial charge in [-0.25, -0.2) is 4.98 Å². The molecule has 25 heavy (non-hydrogen) atoms. The van der Waals surface area contributed by atoms with Crippen LogP contribution >= 0.6 is 0 Å².